The van der Waals surface area contributed by atoms with Crippen LogP contribution in [0.2, 0.25) is 0 Å². The van der Waals surface area contributed by atoms with Crippen LogP contribution in [0.5, 0.6) is 0 Å². The van der Waals surface area contributed by atoms with E-state index in [1.165, 1.54) is 11.0 Å². The smallest absolute Gasteiger partial charge is 0.404 e. The van der Waals surface area contributed by atoms with Crippen LogP contribution in [0.4, 0.5) is 9.18 Å². The van der Waals surface area contributed by atoms with Crippen molar-refractivity contribution in [3.63, 3.8) is 0 Å². The Bertz CT molecular complexity index is 1060. The van der Waals surface area contributed by atoms with Crippen LogP contribution in [-0.4, -0.2) is 70.4 Å². The van der Waals surface area contributed by atoms with E-state index in [2.05, 4.69) is 15.5 Å². The second-order valence-corrected chi connectivity index (χ2v) is 10.7. The lowest BCUT2D eigenvalue weighted by Gasteiger charge is -2.36. The Morgan fingerprint density at radius 2 is 1.78 bits per heavy atom. The Kier molecular flexibility index (Phi) is 6.96. The Morgan fingerprint density at radius 3 is 2.44 bits per heavy atom. The zero-order valence-corrected chi connectivity index (χ0v) is 20.3. The molecule has 5 rings (SSSR count). The fourth-order valence-electron chi connectivity index (χ4n) is 6.38. The van der Waals surface area contributed by atoms with Crippen LogP contribution in [-0.2, 0) is 16.1 Å². The molecule has 1 aromatic carbocycles. The number of carbonyl (C=O) groups is 4. The molecule has 0 radical (unpaired) electrons. The summed E-state index contributed by atoms with van der Waals surface area (Å²) in [6.07, 6.45) is 5.00. The van der Waals surface area contributed by atoms with Crippen molar-refractivity contribution >= 4 is 23.8 Å². The maximum Gasteiger partial charge on any atom is 0.404 e. The van der Waals surface area contributed by atoms with Crippen LogP contribution in [0.15, 0.2) is 12.1 Å². The molecule has 0 spiro atoms. The quantitative estimate of drug-likeness (QED) is 0.535. The fraction of sp³-hybridized carbons (Fsp3) is 0.615. The summed E-state index contributed by atoms with van der Waals surface area (Å²) in [5.41, 5.74) is 1.70. The van der Waals surface area contributed by atoms with Gasteiger partial charge in [-0.3, -0.25) is 19.7 Å². The highest BCUT2D eigenvalue weighted by atomic mass is 19.1. The normalized spacial score (nSPS) is 27.6. The third-order valence-electron chi connectivity index (χ3n) is 8.36. The van der Waals surface area contributed by atoms with Crippen molar-refractivity contribution in [3.05, 3.63) is 34.6 Å². The maximum absolute atomic E-state index is 15.1. The van der Waals surface area contributed by atoms with Crippen LogP contribution in [0, 0.1) is 11.7 Å². The van der Waals surface area contributed by atoms with Crippen molar-refractivity contribution in [3.8, 4) is 0 Å². The van der Waals surface area contributed by atoms with E-state index in [4.69, 9.17) is 5.11 Å². The lowest BCUT2D eigenvalue weighted by atomic mass is 9.84. The molecule has 194 valence electrons. The minimum absolute atomic E-state index is 0.0602. The zero-order valence-electron chi connectivity index (χ0n) is 20.3. The standard InChI is InChI=1S/C26H33FN4O5/c27-21-12-20-17(14-31(25(20)34)22-5-6-23(32)29-24(22)33)11-19(21)16-7-9-30(10-8-16)13-15-1-3-18(4-2-15)28-26(35)36/h11-12,15-16,18,22,28H,1-10,13-14H2,(H,35,36)(H,29,32,33). The zero-order chi connectivity index (χ0) is 25.4. The number of carbonyl (C=O) groups excluding carboxylic acids is 3. The van der Waals surface area contributed by atoms with Gasteiger partial charge in [0.25, 0.3) is 5.91 Å². The molecule has 3 fully saturated rings. The summed E-state index contributed by atoms with van der Waals surface area (Å²) in [5, 5.41) is 13.8. The van der Waals surface area contributed by atoms with Gasteiger partial charge in [-0.2, -0.15) is 0 Å². The predicted molar refractivity (Wildman–Crippen MR) is 128 cm³/mol. The molecule has 1 aromatic rings. The van der Waals surface area contributed by atoms with Gasteiger partial charge in [0.2, 0.25) is 11.8 Å². The maximum atomic E-state index is 15.1. The van der Waals surface area contributed by atoms with E-state index in [1.807, 2.05) is 6.07 Å². The molecule has 10 heteroatoms. The Hall–Kier alpha value is -3.01. The summed E-state index contributed by atoms with van der Waals surface area (Å²) in [6.45, 7) is 3.02. The molecule has 1 aliphatic carbocycles. The average molecular weight is 501 g/mol. The van der Waals surface area contributed by atoms with Gasteiger partial charge in [-0.25, -0.2) is 9.18 Å². The van der Waals surface area contributed by atoms with Gasteiger partial charge in [0.15, 0.2) is 0 Å². The summed E-state index contributed by atoms with van der Waals surface area (Å²) in [4.78, 5) is 51.4. The van der Waals surface area contributed by atoms with E-state index in [0.717, 1.165) is 63.7 Å². The summed E-state index contributed by atoms with van der Waals surface area (Å²) in [7, 11) is 0. The number of piperidine rings is 2. The van der Waals surface area contributed by atoms with E-state index in [9.17, 15) is 19.2 Å². The van der Waals surface area contributed by atoms with Crippen molar-refractivity contribution in [2.75, 3.05) is 19.6 Å². The second-order valence-electron chi connectivity index (χ2n) is 10.7. The van der Waals surface area contributed by atoms with Crippen LogP contribution < -0.4 is 10.6 Å². The number of hydrogen-bond donors (Lipinski definition) is 3. The van der Waals surface area contributed by atoms with E-state index in [0.29, 0.717) is 17.0 Å². The van der Waals surface area contributed by atoms with Gasteiger partial charge in [0.1, 0.15) is 11.9 Å². The minimum Gasteiger partial charge on any atom is -0.465 e. The van der Waals surface area contributed by atoms with E-state index < -0.39 is 18.0 Å². The molecule has 36 heavy (non-hydrogen) atoms. The molecular formula is C26H33FN4O5. The molecule has 2 saturated heterocycles. The largest absolute Gasteiger partial charge is 0.465 e. The molecule has 1 atom stereocenters. The highest BCUT2D eigenvalue weighted by Crippen LogP contribution is 2.36. The van der Waals surface area contributed by atoms with Crippen LogP contribution in [0.3, 0.4) is 0 Å². The van der Waals surface area contributed by atoms with Gasteiger partial charge in [-0.1, -0.05) is 6.07 Å². The lowest BCUT2D eigenvalue weighted by molar-refractivity contribution is -0.136. The van der Waals surface area contributed by atoms with Crippen molar-refractivity contribution in [1.82, 2.24) is 20.4 Å². The number of carboxylic acid groups (broad SMARTS) is 1. The number of benzene rings is 1. The highest BCUT2D eigenvalue weighted by Gasteiger charge is 2.40. The van der Waals surface area contributed by atoms with Crippen molar-refractivity contribution in [1.29, 1.82) is 0 Å². The Labute approximate surface area is 209 Å². The second kappa shape index (κ2) is 10.2. The molecule has 1 unspecified atom stereocenters. The van der Waals surface area contributed by atoms with Gasteiger partial charge in [-0.15, -0.1) is 0 Å². The SMILES string of the molecule is O=C(O)NC1CCC(CN2CCC(c3cc4c(cc3F)C(=O)N(C3CCC(=O)NC3=O)C4)CC2)CC1. The van der Waals surface area contributed by atoms with Crippen molar-refractivity contribution in [2.45, 2.75) is 75.9 Å². The number of amides is 4. The number of imide groups is 1. The van der Waals surface area contributed by atoms with Crippen molar-refractivity contribution < 1.29 is 28.7 Å². The average Bonchev–Trinajstić information content (AvgIpc) is 3.15. The monoisotopic (exact) mass is 500 g/mol. The van der Waals surface area contributed by atoms with Gasteiger partial charge in [0.05, 0.1) is 0 Å². The first kappa shape index (κ1) is 24.7. The number of halogens is 1. The summed E-state index contributed by atoms with van der Waals surface area (Å²) < 4.78 is 15.1. The van der Waals surface area contributed by atoms with E-state index in [-0.39, 0.29) is 49.0 Å². The van der Waals surface area contributed by atoms with Gasteiger partial charge in [-0.05, 0) is 87.1 Å². The molecule has 0 bridgehead atoms. The molecule has 3 aliphatic heterocycles. The summed E-state index contributed by atoms with van der Waals surface area (Å²) >= 11 is 0. The number of fused-ring (bicyclic) bond motifs is 1. The number of hydrogen-bond acceptors (Lipinski definition) is 5. The fourth-order valence-corrected chi connectivity index (χ4v) is 6.38. The summed E-state index contributed by atoms with van der Waals surface area (Å²) in [5.74, 6) is -0.866. The first-order chi connectivity index (χ1) is 17.3. The van der Waals surface area contributed by atoms with Crippen LogP contribution in [0.1, 0.15) is 78.8 Å². The first-order valence-electron chi connectivity index (χ1n) is 13.0. The number of nitrogens with zero attached hydrogens (tertiary/aromatic N) is 2. The molecule has 3 N–H and O–H groups in total. The molecular weight excluding hydrogens is 467 g/mol. The van der Waals surface area contributed by atoms with Gasteiger partial charge < -0.3 is 20.2 Å². The van der Waals surface area contributed by atoms with Crippen molar-refractivity contribution in [2.24, 2.45) is 5.92 Å². The Morgan fingerprint density at radius 1 is 1.06 bits per heavy atom. The number of rotatable bonds is 5. The lowest BCUT2D eigenvalue weighted by Crippen LogP contribution is -2.52. The molecule has 4 amide bonds. The number of likely N-dealkylation sites (tertiary alicyclic amines) is 1. The molecule has 3 heterocycles. The predicted octanol–water partition coefficient (Wildman–Crippen LogP) is 2.59. The first-order valence-corrected chi connectivity index (χ1v) is 13.0. The molecule has 9 nitrogen and oxygen atoms in total. The molecule has 4 aliphatic rings. The topological polar surface area (TPSA) is 119 Å². The van der Waals surface area contributed by atoms with E-state index >= 15 is 4.39 Å². The summed E-state index contributed by atoms with van der Waals surface area (Å²) in [6, 6.07) is 2.50. The Balaban J connectivity index is 1.17. The van der Waals surface area contributed by atoms with Crippen LogP contribution in [0.25, 0.3) is 0 Å². The molecule has 1 saturated carbocycles. The van der Waals surface area contributed by atoms with E-state index in [1.54, 1.807) is 0 Å². The minimum atomic E-state index is -0.952. The third kappa shape index (κ3) is 5.09. The van der Waals surface area contributed by atoms with Crippen LogP contribution >= 0.6 is 0 Å². The van der Waals surface area contributed by atoms with Gasteiger partial charge >= 0.3 is 6.09 Å². The molecule has 0 aromatic heterocycles. The van der Waals surface area contributed by atoms with Gasteiger partial charge in [0, 0.05) is 31.1 Å². The number of nitrogens with one attached hydrogen (secondary N) is 2. The third-order valence-corrected chi connectivity index (χ3v) is 8.36. The highest BCUT2D eigenvalue weighted by molar-refractivity contribution is 6.05.